The molecule has 0 atom stereocenters. The highest BCUT2D eigenvalue weighted by atomic mass is 19.2. The summed E-state index contributed by atoms with van der Waals surface area (Å²) in [5.41, 5.74) is -0.392. The second-order valence-corrected chi connectivity index (χ2v) is 2.71. The average Bonchev–Trinajstić information content (AvgIpc) is 2.20. The maximum absolute atomic E-state index is 13.0. The summed E-state index contributed by atoms with van der Waals surface area (Å²) in [5.74, 6) is -4.92. The molecule has 1 aromatic carbocycles. The molecular weight excluding hydrogens is 207 g/mol. The number of benzene rings is 1. The highest BCUT2D eigenvalue weighted by molar-refractivity contribution is 5.99. The molecule has 1 aromatic rings. The van der Waals surface area contributed by atoms with Crippen molar-refractivity contribution in [1.29, 1.82) is 0 Å². The normalized spacial score (nSPS) is 10.7. The van der Waals surface area contributed by atoms with Crippen molar-refractivity contribution in [3.63, 3.8) is 0 Å². The highest BCUT2D eigenvalue weighted by Crippen LogP contribution is 2.19. The Hall–Kier alpha value is -1.78. The molecule has 0 unspecified atom stereocenters. The Balaban J connectivity index is 2.97. The van der Waals surface area contributed by atoms with Crippen LogP contribution in [0.5, 0.6) is 0 Å². The molecule has 80 valence electrons. The average molecular weight is 215 g/mol. The van der Waals surface area contributed by atoms with Gasteiger partial charge in [-0.15, -0.1) is 0 Å². The van der Waals surface area contributed by atoms with E-state index in [0.717, 1.165) is 18.2 Å². The monoisotopic (exact) mass is 215 g/mol. The molecule has 0 spiro atoms. The van der Waals surface area contributed by atoms with Crippen molar-refractivity contribution in [2.75, 3.05) is 5.32 Å². The van der Waals surface area contributed by atoms with Crippen molar-refractivity contribution in [2.45, 2.75) is 6.92 Å². The van der Waals surface area contributed by atoms with Gasteiger partial charge in [0.25, 0.3) is 0 Å². The lowest BCUT2D eigenvalue weighted by molar-refractivity contribution is -0.111. The predicted octanol–water partition coefficient (Wildman–Crippen LogP) is 2.62. The Morgan fingerprint density at radius 1 is 1.27 bits per heavy atom. The van der Waals surface area contributed by atoms with Crippen molar-refractivity contribution >= 4 is 11.6 Å². The number of allylic oxidation sites excluding steroid dienone is 1. The molecule has 0 aliphatic carbocycles. The van der Waals surface area contributed by atoms with Crippen LogP contribution in [0.25, 0.3) is 0 Å². The van der Waals surface area contributed by atoms with E-state index < -0.39 is 29.0 Å². The molecule has 15 heavy (non-hydrogen) atoms. The lowest BCUT2D eigenvalue weighted by Crippen LogP contribution is -2.10. The molecule has 0 aliphatic heterocycles. The second-order valence-electron chi connectivity index (χ2n) is 2.71. The van der Waals surface area contributed by atoms with Gasteiger partial charge in [-0.2, -0.15) is 0 Å². The van der Waals surface area contributed by atoms with Gasteiger partial charge in [0, 0.05) is 0 Å². The molecule has 2 nitrogen and oxygen atoms in total. The first-order chi connectivity index (χ1) is 7.06. The van der Waals surface area contributed by atoms with Crippen molar-refractivity contribution in [3.8, 4) is 0 Å². The summed E-state index contributed by atoms with van der Waals surface area (Å²) in [4.78, 5) is 11.0. The zero-order valence-electron chi connectivity index (χ0n) is 7.85. The van der Waals surface area contributed by atoms with Crippen molar-refractivity contribution in [1.82, 2.24) is 0 Å². The fraction of sp³-hybridized carbons (Fsp3) is 0.100. The number of rotatable bonds is 2. The zero-order chi connectivity index (χ0) is 11.4. The largest absolute Gasteiger partial charge is 0.320 e. The number of anilines is 1. The number of halogens is 3. The van der Waals surface area contributed by atoms with Crippen LogP contribution in [0.4, 0.5) is 18.9 Å². The maximum atomic E-state index is 13.0. The second kappa shape index (κ2) is 4.63. The van der Waals surface area contributed by atoms with Gasteiger partial charge in [-0.3, -0.25) is 4.79 Å². The fourth-order valence-corrected chi connectivity index (χ4v) is 0.948. The summed E-state index contributed by atoms with van der Waals surface area (Å²) in [7, 11) is 0. The molecule has 0 heterocycles. The summed E-state index contributed by atoms with van der Waals surface area (Å²) in [6.45, 7) is 1.60. The lowest BCUT2D eigenvalue weighted by Gasteiger charge is -2.04. The van der Waals surface area contributed by atoms with Crippen LogP contribution in [-0.2, 0) is 4.79 Å². The third kappa shape index (κ3) is 2.59. The molecule has 0 radical (unpaired) electrons. The van der Waals surface area contributed by atoms with Crippen LogP contribution in [0.1, 0.15) is 6.92 Å². The molecule has 1 rings (SSSR count). The van der Waals surface area contributed by atoms with Crippen LogP contribution >= 0.6 is 0 Å². The van der Waals surface area contributed by atoms with E-state index in [9.17, 15) is 18.0 Å². The smallest absolute Gasteiger partial charge is 0.248 e. The third-order valence-corrected chi connectivity index (χ3v) is 1.61. The van der Waals surface area contributed by atoms with E-state index in [0.29, 0.717) is 0 Å². The minimum Gasteiger partial charge on any atom is -0.320 e. The van der Waals surface area contributed by atoms with Crippen LogP contribution in [0, 0.1) is 17.5 Å². The standard InChI is InChI=1S/C10H8F3NO/c1-2-3-8(15)14-7-5-4-6(11)9(12)10(7)13/h2-5H,1H3,(H,14,15). The van der Waals surface area contributed by atoms with Gasteiger partial charge in [0.15, 0.2) is 17.5 Å². The maximum Gasteiger partial charge on any atom is 0.248 e. The first-order valence-electron chi connectivity index (χ1n) is 4.13. The number of carbonyl (C=O) groups excluding carboxylic acids is 1. The van der Waals surface area contributed by atoms with E-state index in [4.69, 9.17) is 0 Å². The summed E-state index contributed by atoms with van der Waals surface area (Å²) in [6, 6.07) is 1.69. The van der Waals surface area contributed by atoms with Crippen molar-refractivity contribution in [3.05, 3.63) is 41.7 Å². The van der Waals surface area contributed by atoms with Crippen LogP contribution < -0.4 is 5.32 Å². The quantitative estimate of drug-likeness (QED) is 0.596. The van der Waals surface area contributed by atoms with Crippen LogP contribution in [0.2, 0.25) is 0 Å². The van der Waals surface area contributed by atoms with E-state index in [1.165, 1.54) is 6.08 Å². The van der Waals surface area contributed by atoms with Gasteiger partial charge in [-0.05, 0) is 25.1 Å². The number of nitrogens with one attached hydrogen (secondary N) is 1. The van der Waals surface area contributed by atoms with Gasteiger partial charge in [-0.1, -0.05) is 6.08 Å². The van der Waals surface area contributed by atoms with Gasteiger partial charge < -0.3 is 5.32 Å². The Morgan fingerprint density at radius 2 is 1.93 bits per heavy atom. The van der Waals surface area contributed by atoms with Gasteiger partial charge in [0.2, 0.25) is 5.91 Å². The SMILES string of the molecule is CC=CC(=O)Nc1ccc(F)c(F)c1F. The zero-order valence-corrected chi connectivity index (χ0v) is 7.85. The van der Waals surface area contributed by atoms with Gasteiger partial charge in [0.1, 0.15) is 0 Å². The number of carbonyl (C=O) groups is 1. The molecule has 0 saturated heterocycles. The predicted molar refractivity (Wildman–Crippen MR) is 49.8 cm³/mol. The summed E-state index contributed by atoms with van der Waals surface area (Å²) < 4.78 is 38.2. The topological polar surface area (TPSA) is 29.1 Å². The first kappa shape index (κ1) is 11.3. The van der Waals surface area contributed by atoms with E-state index >= 15 is 0 Å². The lowest BCUT2D eigenvalue weighted by atomic mass is 10.2. The first-order valence-corrected chi connectivity index (χ1v) is 4.13. The molecule has 0 aromatic heterocycles. The molecule has 0 fully saturated rings. The van der Waals surface area contributed by atoms with Gasteiger partial charge in [0.05, 0.1) is 5.69 Å². The number of hydrogen-bond donors (Lipinski definition) is 1. The van der Waals surface area contributed by atoms with Crippen LogP contribution in [-0.4, -0.2) is 5.91 Å². The minimum absolute atomic E-state index is 0.392. The van der Waals surface area contributed by atoms with E-state index in [1.54, 1.807) is 6.92 Å². The molecule has 1 amide bonds. The van der Waals surface area contributed by atoms with Crippen LogP contribution in [0.15, 0.2) is 24.3 Å². The Morgan fingerprint density at radius 3 is 2.53 bits per heavy atom. The molecular formula is C10H8F3NO. The van der Waals surface area contributed by atoms with Crippen LogP contribution in [0.3, 0.4) is 0 Å². The minimum atomic E-state index is -1.60. The highest BCUT2D eigenvalue weighted by Gasteiger charge is 2.13. The van der Waals surface area contributed by atoms with E-state index in [2.05, 4.69) is 5.32 Å². The van der Waals surface area contributed by atoms with Gasteiger partial charge >= 0.3 is 0 Å². The summed E-state index contributed by atoms with van der Waals surface area (Å²) >= 11 is 0. The summed E-state index contributed by atoms with van der Waals surface area (Å²) in [5, 5.41) is 2.07. The van der Waals surface area contributed by atoms with E-state index in [1.807, 2.05) is 0 Å². The van der Waals surface area contributed by atoms with E-state index in [-0.39, 0.29) is 0 Å². The Labute approximate surface area is 84.4 Å². The number of amides is 1. The Kier molecular flexibility index (Phi) is 3.49. The molecule has 5 heteroatoms. The summed E-state index contributed by atoms with van der Waals surface area (Å²) in [6.07, 6.45) is 2.58. The molecule has 0 saturated carbocycles. The molecule has 1 N–H and O–H groups in total. The number of hydrogen-bond acceptors (Lipinski definition) is 1. The van der Waals surface area contributed by atoms with Crippen molar-refractivity contribution < 1.29 is 18.0 Å². The fourth-order valence-electron chi connectivity index (χ4n) is 0.948. The third-order valence-electron chi connectivity index (χ3n) is 1.61. The van der Waals surface area contributed by atoms with Gasteiger partial charge in [-0.25, -0.2) is 13.2 Å². The molecule has 0 bridgehead atoms. The molecule has 0 aliphatic rings. The van der Waals surface area contributed by atoms with Crippen molar-refractivity contribution in [2.24, 2.45) is 0 Å². The Bertz CT molecular complexity index is 415.